The molecule has 0 fully saturated rings. The molecule has 4 nitrogen and oxygen atoms in total. The van der Waals surface area contributed by atoms with Crippen molar-refractivity contribution in [2.24, 2.45) is 5.10 Å². The van der Waals surface area contributed by atoms with Crippen LogP contribution in [0.5, 0.6) is 0 Å². The number of aliphatic hydroxyl groups is 1. The number of hydrogen-bond acceptors (Lipinski definition) is 3. The summed E-state index contributed by atoms with van der Waals surface area (Å²) in [6.07, 6.45) is -5.46. The molecule has 1 aromatic rings. The molecule has 0 spiro atoms. The fourth-order valence-corrected chi connectivity index (χ4v) is 2.07. The van der Waals surface area contributed by atoms with Gasteiger partial charge in [-0.15, -0.1) is 0 Å². The quantitative estimate of drug-likeness (QED) is 0.913. The zero-order chi connectivity index (χ0) is 15.8. The molecule has 0 radical (unpaired) electrons. The van der Waals surface area contributed by atoms with E-state index in [1.165, 1.54) is 12.1 Å². The van der Waals surface area contributed by atoms with Gasteiger partial charge in [0.25, 0.3) is 11.6 Å². The minimum absolute atomic E-state index is 0.0457. The molecule has 0 aromatic heterocycles. The molecule has 0 saturated heterocycles. The van der Waals surface area contributed by atoms with E-state index < -0.39 is 24.2 Å². The molecule has 0 bridgehead atoms. The Balaban J connectivity index is 2.40. The highest BCUT2D eigenvalue weighted by molar-refractivity contribution is 5.98. The molecule has 1 amide bonds. The second-order valence-electron chi connectivity index (χ2n) is 4.99. The van der Waals surface area contributed by atoms with Gasteiger partial charge in [0, 0.05) is 17.7 Å². The van der Waals surface area contributed by atoms with Crippen molar-refractivity contribution in [1.82, 2.24) is 5.01 Å². The second-order valence-corrected chi connectivity index (χ2v) is 4.99. The molecule has 1 N–H and O–H groups in total. The van der Waals surface area contributed by atoms with Gasteiger partial charge in [-0.3, -0.25) is 4.79 Å². The van der Waals surface area contributed by atoms with E-state index in [1.807, 2.05) is 0 Å². The van der Waals surface area contributed by atoms with Gasteiger partial charge < -0.3 is 5.11 Å². The van der Waals surface area contributed by atoms with Gasteiger partial charge in [-0.05, 0) is 25.5 Å². The molecule has 0 aliphatic carbocycles. The molecule has 1 aliphatic heterocycles. The molecule has 2 rings (SSSR count). The minimum atomic E-state index is -4.98. The predicted molar refractivity (Wildman–Crippen MR) is 70.7 cm³/mol. The maximum atomic E-state index is 13.1. The second kappa shape index (κ2) is 5.14. The van der Waals surface area contributed by atoms with Crippen molar-refractivity contribution in [1.29, 1.82) is 0 Å². The number of benzene rings is 1. The molecule has 1 heterocycles. The van der Waals surface area contributed by atoms with Crippen LogP contribution in [0.25, 0.3) is 0 Å². The SMILES string of the molecule is CCC1=NN(C(=O)c2ccc(C)cc2)[C@@](O)(C(F)(F)F)C1. The van der Waals surface area contributed by atoms with Crippen LogP contribution in [0.15, 0.2) is 29.4 Å². The van der Waals surface area contributed by atoms with E-state index in [4.69, 9.17) is 0 Å². The van der Waals surface area contributed by atoms with Crippen LogP contribution >= 0.6 is 0 Å². The summed E-state index contributed by atoms with van der Waals surface area (Å²) < 4.78 is 39.4. The molecular formula is C14H15F3N2O2. The third-order valence-electron chi connectivity index (χ3n) is 3.40. The van der Waals surface area contributed by atoms with Crippen LogP contribution in [-0.4, -0.2) is 33.6 Å². The first-order valence-electron chi connectivity index (χ1n) is 6.45. The smallest absolute Gasteiger partial charge is 0.362 e. The van der Waals surface area contributed by atoms with Crippen LogP contribution in [0.1, 0.15) is 35.7 Å². The summed E-state index contributed by atoms with van der Waals surface area (Å²) in [6, 6.07) is 6.04. The largest absolute Gasteiger partial charge is 0.438 e. The van der Waals surface area contributed by atoms with Crippen LogP contribution in [0.4, 0.5) is 13.2 Å². The van der Waals surface area contributed by atoms with Gasteiger partial charge in [0.15, 0.2) is 0 Å². The molecule has 0 unspecified atom stereocenters. The minimum Gasteiger partial charge on any atom is -0.362 e. The Bertz CT molecular complexity index is 581. The van der Waals surface area contributed by atoms with Crippen LogP contribution in [-0.2, 0) is 0 Å². The van der Waals surface area contributed by atoms with Crippen LogP contribution in [0, 0.1) is 6.92 Å². The van der Waals surface area contributed by atoms with Crippen molar-refractivity contribution in [3.8, 4) is 0 Å². The third kappa shape index (κ3) is 2.65. The predicted octanol–water partition coefficient (Wildman–Crippen LogP) is 2.86. The highest BCUT2D eigenvalue weighted by Gasteiger charge is 2.63. The Hall–Kier alpha value is -1.89. The molecule has 1 aliphatic rings. The normalized spacial score (nSPS) is 22.4. The summed E-state index contributed by atoms with van der Waals surface area (Å²) in [5, 5.41) is 13.7. The molecule has 1 aromatic carbocycles. The molecular weight excluding hydrogens is 285 g/mol. The summed E-state index contributed by atoms with van der Waals surface area (Å²) in [6.45, 7) is 3.42. The van der Waals surface area contributed by atoms with Gasteiger partial charge in [-0.2, -0.15) is 23.3 Å². The summed E-state index contributed by atoms with van der Waals surface area (Å²) in [4.78, 5) is 12.2. The Labute approximate surface area is 119 Å². The number of carbonyl (C=O) groups excluding carboxylic acids is 1. The van der Waals surface area contributed by atoms with Crippen molar-refractivity contribution >= 4 is 11.6 Å². The standard InChI is InChI=1S/C14H15F3N2O2/c1-3-11-8-13(21,14(15,16)17)19(18-11)12(20)10-6-4-9(2)5-7-10/h4-7,21H,3,8H2,1-2H3/t13-/m0/s1. The zero-order valence-corrected chi connectivity index (χ0v) is 11.6. The van der Waals surface area contributed by atoms with E-state index in [1.54, 1.807) is 26.0 Å². The van der Waals surface area contributed by atoms with E-state index in [-0.39, 0.29) is 22.7 Å². The van der Waals surface area contributed by atoms with Crippen molar-refractivity contribution in [3.05, 3.63) is 35.4 Å². The van der Waals surface area contributed by atoms with Crippen molar-refractivity contribution in [2.75, 3.05) is 0 Å². The fraction of sp³-hybridized carbons (Fsp3) is 0.429. The third-order valence-corrected chi connectivity index (χ3v) is 3.40. The van der Waals surface area contributed by atoms with Gasteiger partial charge in [0.1, 0.15) is 0 Å². The molecule has 21 heavy (non-hydrogen) atoms. The monoisotopic (exact) mass is 300 g/mol. The number of rotatable bonds is 2. The highest BCUT2D eigenvalue weighted by Crippen LogP contribution is 2.41. The van der Waals surface area contributed by atoms with E-state index in [0.29, 0.717) is 0 Å². The number of halogens is 3. The van der Waals surface area contributed by atoms with E-state index in [9.17, 15) is 23.1 Å². The summed E-state index contributed by atoms with van der Waals surface area (Å²) in [5.41, 5.74) is -2.23. The van der Waals surface area contributed by atoms with Crippen LogP contribution in [0.3, 0.4) is 0 Å². The maximum absolute atomic E-state index is 13.1. The van der Waals surface area contributed by atoms with Crippen molar-refractivity contribution < 1.29 is 23.1 Å². The number of nitrogens with zero attached hydrogens (tertiary/aromatic N) is 2. The summed E-state index contributed by atoms with van der Waals surface area (Å²) in [5.74, 6) is -0.974. The van der Waals surface area contributed by atoms with Gasteiger partial charge in [0.05, 0.1) is 0 Å². The van der Waals surface area contributed by atoms with Gasteiger partial charge >= 0.3 is 6.18 Å². The van der Waals surface area contributed by atoms with E-state index >= 15 is 0 Å². The van der Waals surface area contributed by atoms with Crippen LogP contribution < -0.4 is 0 Å². The summed E-state index contributed by atoms with van der Waals surface area (Å²) in [7, 11) is 0. The molecule has 1 atom stereocenters. The number of aryl methyl sites for hydroxylation is 1. The molecule has 114 valence electrons. The average Bonchev–Trinajstić information content (AvgIpc) is 2.77. The van der Waals surface area contributed by atoms with Gasteiger partial charge in [0.2, 0.25) is 0 Å². The number of alkyl halides is 3. The Morgan fingerprint density at radius 2 is 1.95 bits per heavy atom. The number of hydrazone groups is 1. The lowest BCUT2D eigenvalue weighted by Gasteiger charge is -2.32. The van der Waals surface area contributed by atoms with Crippen molar-refractivity contribution in [2.45, 2.75) is 38.6 Å². The zero-order valence-electron chi connectivity index (χ0n) is 11.6. The van der Waals surface area contributed by atoms with Crippen LogP contribution in [0.2, 0.25) is 0 Å². The van der Waals surface area contributed by atoms with Gasteiger partial charge in [-0.1, -0.05) is 24.6 Å². The van der Waals surface area contributed by atoms with Crippen molar-refractivity contribution in [3.63, 3.8) is 0 Å². The lowest BCUT2D eigenvalue weighted by molar-refractivity contribution is -0.297. The topological polar surface area (TPSA) is 52.9 Å². The first-order chi connectivity index (χ1) is 9.69. The Morgan fingerprint density at radius 3 is 2.43 bits per heavy atom. The lowest BCUT2D eigenvalue weighted by atomic mass is 10.0. The lowest BCUT2D eigenvalue weighted by Crippen LogP contribution is -2.56. The number of hydrogen-bond donors (Lipinski definition) is 1. The first-order valence-corrected chi connectivity index (χ1v) is 6.45. The molecule has 7 heteroatoms. The van der Waals surface area contributed by atoms with Gasteiger partial charge in [-0.25, -0.2) is 0 Å². The number of amides is 1. The van der Waals surface area contributed by atoms with E-state index in [0.717, 1.165) is 5.56 Å². The Morgan fingerprint density at radius 1 is 1.38 bits per heavy atom. The fourth-order valence-electron chi connectivity index (χ4n) is 2.07. The van der Waals surface area contributed by atoms with E-state index in [2.05, 4.69) is 5.10 Å². The average molecular weight is 300 g/mol. The Kier molecular flexibility index (Phi) is 3.79. The summed E-state index contributed by atoms with van der Waals surface area (Å²) >= 11 is 0. The number of carbonyl (C=O) groups is 1. The molecule has 0 saturated carbocycles. The maximum Gasteiger partial charge on any atom is 0.438 e. The highest BCUT2D eigenvalue weighted by atomic mass is 19.4. The first kappa shape index (κ1) is 15.5.